The van der Waals surface area contributed by atoms with E-state index >= 15 is 0 Å². The predicted octanol–water partition coefficient (Wildman–Crippen LogP) is 3.21. The molecule has 2 N–H and O–H groups in total. The Bertz CT molecular complexity index is 672. The van der Waals surface area contributed by atoms with Crippen LogP contribution in [0.15, 0.2) is 23.2 Å². The zero-order valence-corrected chi connectivity index (χ0v) is 19.6. The number of benzene rings is 1. The molecule has 1 aliphatic heterocycles. The summed E-state index contributed by atoms with van der Waals surface area (Å²) in [7, 11) is 4.28. The van der Waals surface area contributed by atoms with Gasteiger partial charge in [0, 0.05) is 25.3 Å². The monoisotopic (exact) mass is 420 g/mol. The summed E-state index contributed by atoms with van der Waals surface area (Å²) in [6.45, 7) is 12.5. The number of hydrogen-bond donors (Lipinski definition) is 2. The number of nitrogens with one attached hydrogen (secondary N) is 2. The fourth-order valence-corrected chi connectivity index (χ4v) is 3.67. The normalized spacial score (nSPS) is 17.5. The Morgan fingerprint density at radius 1 is 1.13 bits per heavy atom. The van der Waals surface area contributed by atoms with Gasteiger partial charge in [0.1, 0.15) is 0 Å². The quantitative estimate of drug-likeness (QED) is 0.448. The van der Waals surface area contributed by atoms with Gasteiger partial charge in [0.25, 0.3) is 0 Å². The highest BCUT2D eigenvalue weighted by Gasteiger charge is 2.34. The van der Waals surface area contributed by atoms with Gasteiger partial charge in [-0.05, 0) is 72.3 Å². The second-order valence-corrected chi connectivity index (χ2v) is 7.86. The number of aliphatic imine (C=N–C) groups is 1. The molecule has 1 aromatic carbocycles. The summed E-state index contributed by atoms with van der Waals surface area (Å²) >= 11 is 0. The van der Waals surface area contributed by atoms with E-state index in [1.807, 2.05) is 19.9 Å². The van der Waals surface area contributed by atoms with Gasteiger partial charge in [0.15, 0.2) is 17.5 Å². The molecule has 30 heavy (non-hydrogen) atoms. The lowest BCUT2D eigenvalue weighted by molar-refractivity contribution is -0.00255. The Kier molecular flexibility index (Phi) is 9.72. The molecule has 7 nitrogen and oxygen atoms in total. The minimum atomic E-state index is 0.0467. The summed E-state index contributed by atoms with van der Waals surface area (Å²) in [4.78, 5) is 7.24. The van der Waals surface area contributed by atoms with Gasteiger partial charge in [0.05, 0.1) is 25.8 Å². The molecule has 1 aliphatic rings. The first-order valence-electron chi connectivity index (χ1n) is 11.1. The molecular weight excluding hydrogens is 380 g/mol. The average Bonchev–Trinajstić information content (AvgIpc) is 2.74. The molecular formula is C23H40N4O3. The average molecular weight is 421 g/mol. The zero-order chi connectivity index (χ0) is 22.0. The second-order valence-electron chi connectivity index (χ2n) is 7.86. The van der Waals surface area contributed by atoms with Crippen LogP contribution in [-0.2, 0) is 4.74 Å². The molecule has 1 unspecified atom stereocenters. The summed E-state index contributed by atoms with van der Waals surface area (Å²) in [5.74, 6) is 2.38. The van der Waals surface area contributed by atoms with Gasteiger partial charge >= 0.3 is 0 Å². The molecule has 0 spiro atoms. The third kappa shape index (κ3) is 6.51. The maximum atomic E-state index is 5.78. The summed E-state index contributed by atoms with van der Waals surface area (Å²) in [5, 5.41) is 6.93. The van der Waals surface area contributed by atoms with Crippen molar-refractivity contribution < 1.29 is 14.2 Å². The molecule has 1 fully saturated rings. The Balaban J connectivity index is 2.15. The maximum Gasteiger partial charge on any atom is 0.191 e. The van der Waals surface area contributed by atoms with Gasteiger partial charge in [-0.1, -0.05) is 6.07 Å². The molecule has 0 bridgehead atoms. The van der Waals surface area contributed by atoms with Gasteiger partial charge in [-0.15, -0.1) is 0 Å². The highest BCUT2D eigenvalue weighted by atomic mass is 16.5. The molecule has 1 aromatic rings. The van der Waals surface area contributed by atoms with Gasteiger partial charge in [-0.2, -0.15) is 0 Å². The molecule has 170 valence electrons. The van der Waals surface area contributed by atoms with Crippen LogP contribution in [0.3, 0.4) is 0 Å². The molecule has 0 aliphatic carbocycles. The molecule has 1 saturated heterocycles. The van der Waals surface area contributed by atoms with E-state index in [1.165, 1.54) is 0 Å². The van der Waals surface area contributed by atoms with E-state index in [4.69, 9.17) is 19.2 Å². The third-order valence-corrected chi connectivity index (χ3v) is 5.67. The minimum absolute atomic E-state index is 0.0467. The van der Waals surface area contributed by atoms with Crippen LogP contribution in [0.5, 0.6) is 11.5 Å². The number of ether oxygens (including phenoxy) is 3. The van der Waals surface area contributed by atoms with Crippen LogP contribution >= 0.6 is 0 Å². The van der Waals surface area contributed by atoms with E-state index < -0.39 is 0 Å². The fraction of sp³-hybridized carbons (Fsp3) is 0.696. The number of nitrogens with zero attached hydrogens (tertiary/aromatic N) is 2. The molecule has 0 saturated carbocycles. The Morgan fingerprint density at radius 3 is 2.40 bits per heavy atom. The first-order valence-corrected chi connectivity index (χ1v) is 11.1. The lowest BCUT2D eigenvalue weighted by Gasteiger charge is -2.41. The lowest BCUT2D eigenvalue weighted by atomic mass is 9.89. The van der Waals surface area contributed by atoms with E-state index in [-0.39, 0.29) is 11.6 Å². The van der Waals surface area contributed by atoms with Crippen LogP contribution in [0.2, 0.25) is 0 Å². The molecule has 1 atom stereocenters. The van der Waals surface area contributed by atoms with Crippen molar-refractivity contribution in [3.8, 4) is 11.5 Å². The SMILES string of the molecule is CCNC(=NCC1(N(C)C)CCOCC1)NC(C)c1ccc(OCC)c(OCC)c1. The van der Waals surface area contributed by atoms with Gasteiger partial charge in [-0.3, -0.25) is 4.99 Å². The fourth-order valence-electron chi connectivity index (χ4n) is 3.67. The lowest BCUT2D eigenvalue weighted by Crippen LogP contribution is -2.51. The van der Waals surface area contributed by atoms with Crippen molar-refractivity contribution in [2.45, 2.75) is 52.1 Å². The Morgan fingerprint density at radius 2 is 1.80 bits per heavy atom. The Labute approximate surface area is 182 Å². The van der Waals surface area contributed by atoms with E-state index in [0.717, 1.165) is 62.2 Å². The highest BCUT2D eigenvalue weighted by molar-refractivity contribution is 5.80. The molecule has 7 heteroatoms. The van der Waals surface area contributed by atoms with Crippen molar-refractivity contribution in [2.24, 2.45) is 4.99 Å². The molecule has 0 radical (unpaired) electrons. The van der Waals surface area contributed by atoms with E-state index in [1.54, 1.807) is 0 Å². The minimum Gasteiger partial charge on any atom is -0.490 e. The third-order valence-electron chi connectivity index (χ3n) is 5.67. The van der Waals surface area contributed by atoms with Crippen molar-refractivity contribution >= 4 is 5.96 Å². The first-order chi connectivity index (χ1) is 14.5. The summed E-state index contributed by atoms with van der Waals surface area (Å²) in [6, 6.07) is 6.18. The van der Waals surface area contributed by atoms with Crippen LogP contribution in [-0.4, -0.2) is 70.0 Å². The maximum absolute atomic E-state index is 5.78. The van der Waals surface area contributed by atoms with Crippen molar-refractivity contribution in [2.75, 3.05) is 53.6 Å². The van der Waals surface area contributed by atoms with E-state index in [0.29, 0.717) is 13.2 Å². The summed E-state index contributed by atoms with van der Waals surface area (Å²) in [5.41, 5.74) is 1.17. The van der Waals surface area contributed by atoms with Gasteiger partial charge < -0.3 is 29.7 Å². The number of rotatable bonds is 10. The zero-order valence-electron chi connectivity index (χ0n) is 19.6. The van der Waals surface area contributed by atoms with Crippen LogP contribution in [0, 0.1) is 0 Å². The molecule has 2 rings (SSSR count). The molecule has 1 heterocycles. The van der Waals surface area contributed by atoms with Crippen LogP contribution in [0.25, 0.3) is 0 Å². The van der Waals surface area contributed by atoms with E-state index in [9.17, 15) is 0 Å². The largest absolute Gasteiger partial charge is 0.490 e. The van der Waals surface area contributed by atoms with Gasteiger partial charge in [-0.25, -0.2) is 0 Å². The summed E-state index contributed by atoms with van der Waals surface area (Å²) in [6.07, 6.45) is 1.99. The standard InChI is InChI=1S/C23H40N4O3/c1-7-24-22(25-17-23(27(5)6)12-14-28-15-13-23)26-18(4)19-10-11-20(29-8-2)21(16-19)30-9-3/h10-11,16,18H,7-9,12-15,17H2,1-6H3,(H2,24,25,26). The number of likely N-dealkylation sites (N-methyl/N-ethyl adjacent to an activating group) is 1. The second kappa shape index (κ2) is 12.0. The van der Waals surface area contributed by atoms with Crippen molar-refractivity contribution in [1.29, 1.82) is 0 Å². The number of guanidine groups is 1. The topological polar surface area (TPSA) is 67.4 Å². The molecule has 0 amide bonds. The van der Waals surface area contributed by atoms with E-state index in [2.05, 4.69) is 55.6 Å². The number of hydrogen-bond acceptors (Lipinski definition) is 5. The van der Waals surface area contributed by atoms with Crippen LogP contribution in [0.4, 0.5) is 0 Å². The molecule has 0 aromatic heterocycles. The van der Waals surface area contributed by atoms with Crippen molar-refractivity contribution in [1.82, 2.24) is 15.5 Å². The Hall–Kier alpha value is -1.99. The van der Waals surface area contributed by atoms with Crippen LogP contribution < -0.4 is 20.1 Å². The first kappa shape index (κ1) is 24.3. The van der Waals surface area contributed by atoms with Crippen molar-refractivity contribution in [3.63, 3.8) is 0 Å². The van der Waals surface area contributed by atoms with Crippen LogP contribution in [0.1, 0.15) is 52.1 Å². The summed E-state index contributed by atoms with van der Waals surface area (Å²) < 4.78 is 17.1. The smallest absolute Gasteiger partial charge is 0.191 e. The van der Waals surface area contributed by atoms with Gasteiger partial charge in [0.2, 0.25) is 0 Å². The highest BCUT2D eigenvalue weighted by Crippen LogP contribution is 2.31. The predicted molar refractivity (Wildman–Crippen MR) is 123 cm³/mol. The van der Waals surface area contributed by atoms with Crippen molar-refractivity contribution in [3.05, 3.63) is 23.8 Å².